The van der Waals surface area contributed by atoms with Crippen molar-refractivity contribution in [2.24, 2.45) is 11.7 Å². The average molecular weight is 225 g/mol. The summed E-state index contributed by atoms with van der Waals surface area (Å²) in [5.41, 5.74) is 5.26. The zero-order chi connectivity index (χ0) is 11.5. The molecule has 5 nitrogen and oxygen atoms in total. The van der Waals surface area contributed by atoms with E-state index in [4.69, 9.17) is 5.73 Å². The Kier molecular flexibility index (Phi) is 3.43. The van der Waals surface area contributed by atoms with Gasteiger partial charge in [-0.25, -0.2) is 0 Å². The maximum Gasteiger partial charge on any atom is 0.240 e. The van der Waals surface area contributed by atoms with E-state index in [1.807, 2.05) is 0 Å². The molecule has 1 saturated carbocycles. The van der Waals surface area contributed by atoms with Crippen LogP contribution in [0.15, 0.2) is 0 Å². The van der Waals surface area contributed by atoms with Crippen molar-refractivity contribution in [3.63, 3.8) is 0 Å². The molecule has 16 heavy (non-hydrogen) atoms. The predicted molar refractivity (Wildman–Crippen MR) is 59.5 cm³/mol. The smallest absolute Gasteiger partial charge is 0.240 e. The van der Waals surface area contributed by atoms with E-state index in [1.54, 1.807) is 4.90 Å². The maximum atomic E-state index is 11.8. The van der Waals surface area contributed by atoms with Crippen LogP contribution in [0.2, 0.25) is 0 Å². The Hall–Kier alpha value is -1.10. The summed E-state index contributed by atoms with van der Waals surface area (Å²) in [6.07, 6.45) is 4.13. The van der Waals surface area contributed by atoms with Gasteiger partial charge in [0, 0.05) is 6.54 Å². The van der Waals surface area contributed by atoms with Crippen molar-refractivity contribution in [3.8, 4) is 0 Å². The molecule has 2 amide bonds. The molecule has 0 aromatic carbocycles. The van der Waals surface area contributed by atoms with E-state index in [0.29, 0.717) is 19.5 Å². The molecule has 0 radical (unpaired) electrons. The highest BCUT2D eigenvalue weighted by Crippen LogP contribution is 2.27. The fourth-order valence-corrected chi connectivity index (χ4v) is 2.17. The first-order valence-corrected chi connectivity index (χ1v) is 5.98. The molecule has 2 fully saturated rings. The summed E-state index contributed by atoms with van der Waals surface area (Å²) in [7, 11) is 0. The van der Waals surface area contributed by atoms with Gasteiger partial charge in [0.25, 0.3) is 0 Å². The van der Waals surface area contributed by atoms with E-state index in [-0.39, 0.29) is 17.9 Å². The number of nitrogens with one attached hydrogen (secondary N) is 1. The molecule has 1 aliphatic carbocycles. The number of nitrogens with two attached hydrogens (primary N) is 1. The highest BCUT2D eigenvalue weighted by Gasteiger charge is 2.32. The van der Waals surface area contributed by atoms with Crippen LogP contribution in [0, 0.1) is 5.92 Å². The first-order chi connectivity index (χ1) is 7.68. The lowest BCUT2D eigenvalue weighted by Gasteiger charge is -2.22. The molecular formula is C11H19N3O2. The average Bonchev–Trinajstić information content (AvgIpc) is 2.93. The van der Waals surface area contributed by atoms with Gasteiger partial charge in [0.2, 0.25) is 11.8 Å². The van der Waals surface area contributed by atoms with Gasteiger partial charge in [0.05, 0.1) is 6.54 Å². The van der Waals surface area contributed by atoms with Gasteiger partial charge >= 0.3 is 0 Å². The number of hydrogen-bond acceptors (Lipinski definition) is 3. The van der Waals surface area contributed by atoms with Crippen LogP contribution in [0.1, 0.15) is 25.7 Å². The first kappa shape index (κ1) is 11.4. The first-order valence-electron chi connectivity index (χ1n) is 5.98. The number of carbonyl (C=O) groups excluding carboxylic acids is 2. The number of carbonyl (C=O) groups is 2. The van der Waals surface area contributed by atoms with Crippen molar-refractivity contribution in [1.29, 1.82) is 0 Å². The molecule has 1 heterocycles. The molecule has 1 atom stereocenters. The lowest BCUT2D eigenvalue weighted by Crippen LogP contribution is -2.47. The fourth-order valence-electron chi connectivity index (χ4n) is 2.17. The standard InChI is InChI=1S/C11H19N3O2/c12-11(16)9-2-1-5-14(9)10(15)7-13-6-8-3-4-8/h8-9,13H,1-7H2,(H2,12,16). The summed E-state index contributed by atoms with van der Waals surface area (Å²) in [5, 5.41) is 3.14. The highest BCUT2D eigenvalue weighted by molar-refractivity contribution is 5.88. The van der Waals surface area contributed by atoms with Gasteiger partial charge in [0.1, 0.15) is 6.04 Å². The Morgan fingerprint density at radius 1 is 1.31 bits per heavy atom. The third-order valence-electron chi connectivity index (χ3n) is 3.31. The van der Waals surface area contributed by atoms with E-state index < -0.39 is 0 Å². The Morgan fingerprint density at radius 3 is 2.69 bits per heavy atom. The lowest BCUT2D eigenvalue weighted by atomic mass is 10.2. The zero-order valence-electron chi connectivity index (χ0n) is 9.45. The molecule has 5 heteroatoms. The lowest BCUT2D eigenvalue weighted by molar-refractivity contribution is -0.136. The van der Waals surface area contributed by atoms with Crippen LogP contribution in [-0.4, -0.2) is 42.4 Å². The number of likely N-dealkylation sites (tertiary alicyclic amines) is 1. The van der Waals surface area contributed by atoms with E-state index in [9.17, 15) is 9.59 Å². The Balaban J connectivity index is 1.75. The molecule has 0 aromatic heterocycles. The SMILES string of the molecule is NC(=O)C1CCCN1C(=O)CNCC1CC1. The molecule has 3 N–H and O–H groups in total. The Labute approximate surface area is 95.3 Å². The highest BCUT2D eigenvalue weighted by atomic mass is 16.2. The van der Waals surface area contributed by atoms with Crippen LogP contribution in [0.4, 0.5) is 0 Å². The van der Waals surface area contributed by atoms with Gasteiger partial charge in [-0.1, -0.05) is 0 Å². The normalized spacial score (nSPS) is 24.8. The molecule has 1 aliphatic heterocycles. The van der Waals surface area contributed by atoms with Crippen LogP contribution in [0.5, 0.6) is 0 Å². The van der Waals surface area contributed by atoms with E-state index in [2.05, 4.69) is 5.32 Å². The summed E-state index contributed by atoms with van der Waals surface area (Å²) >= 11 is 0. The van der Waals surface area contributed by atoms with Crippen LogP contribution in [-0.2, 0) is 9.59 Å². The monoisotopic (exact) mass is 225 g/mol. The number of amides is 2. The molecule has 0 aromatic rings. The van der Waals surface area contributed by atoms with E-state index >= 15 is 0 Å². The van der Waals surface area contributed by atoms with Crippen molar-refractivity contribution in [2.45, 2.75) is 31.7 Å². The number of primary amides is 1. The molecular weight excluding hydrogens is 206 g/mol. The minimum atomic E-state index is -0.381. The van der Waals surface area contributed by atoms with Gasteiger partial charge in [-0.3, -0.25) is 9.59 Å². The van der Waals surface area contributed by atoms with Crippen molar-refractivity contribution >= 4 is 11.8 Å². The molecule has 90 valence electrons. The second-order valence-corrected chi connectivity index (χ2v) is 4.72. The third-order valence-corrected chi connectivity index (χ3v) is 3.31. The molecule has 1 unspecified atom stereocenters. The third kappa shape index (κ3) is 2.72. The van der Waals surface area contributed by atoms with Gasteiger partial charge in [-0.05, 0) is 38.1 Å². The molecule has 0 spiro atoms. The summed E-state index contributed by atoms with van der Waals surface area (Å²) in [4.78, 5) is 24.5. The van der Waals surface area contributed by atoms with Crippen molar-refractivity contribution in [2.75, 3.05) is 19.6 Å². The molecule has 0 bridgehead atoms. The maximum absolute atomic E-state index is 11.8. The van der Waals surface area contributed by atoms with E-state index in [0.717, 1.165) is 18.9 Å². The molecule has 1 saturated heterocycles. The number of hydrogen-bond donors (Lipinski definition) is 2. The number of nitrogens with zero attached hydrogens (tertiary/aromatic N) is 1. The Morgan fingerprint density at radius 2 is 2.06 bits per heavy atom. The summed E-state index contributed by atoms with van der Waals surface area (Å²) in [6.45, 7) is 1.92. The molecule has 2 rings (SSSR count). The second kappa shape index (κ2) is 4.82. The minimum Gasteiger partial charge on any atom is -0.368 e. The van der Waals surface area contributed by atoms with E-state index in [1.165, 1.54) is 12.8 Å². The zero-order valence-corrected chi connectivity index (χ0v) is 9.45. The quantitative estimate of drug-likeness (QED) is 0.660. The van der Waals surface area contributed by atoms with Crippen LogP contribution < -0.4 is 11.1 Å². The fraction of sp³-hybridized carbons (Fsp3) is 0.818. The topological polar surface area (TPSA) is 75.4 Å². The van der Waals surface area contributed by atoms with Crippen molar-refractivity contribution < 1.29 is 9.59 Å². The minimum absolute atomic E-state index is 0.00181. The Bertz CT molecular complexity index is 289. The van der Waals surface area contributed by atoms with Gasteiger partial charge in [-0.15, -0.1) is 0 Å². The summed E-state index contributed by atoms with van der Waals surface area (Å²) in [5.74, 6) is 0.383. The van der Waals surface area contributed by atoms with Crippen molar-refractivity contribution in [3.05, 3.63) is 0 Å². The summed E-state index contributed by atoms with van der Waals surface area (Å²) in [6, 6.07) is -0.379. The van der Waals surface area contributed by atoms with Gasteiger partial charge < -0.3 is 16.0 Å². The van der Waals surface area contributed by atoms with Crippen LogP contribution in [0.3, 0.4) is 0 Å². The van der Waals surface area contributed by atoms with Crippen LogP contribution >= 0.6 is 0 Å². The summed E-state index contributed by atoms with van der Waals surface area (Å²) < 4.78 is 0. The molecule has 2 aliphatic rings. The predicted octanol–water partition coefficient (Wildman–Crippen LogP) is -0.538. The van der Waals surface area contributed by atoms with Crippen LogP contribution in [0.25, 0.3) is 0 Å². The second-order valence-electron chi connectivity index (χ2n) is 4.72. The number of rotatable bonds is 5. The van der Waals surface area contributed by atoms with Gasteiger partial charge in [-0.2, -0.15) is 0 Å². The largest absolute Gasteiger partial charge is 0.368 e. The van der Waals surface area contributed by atoms with Crippen molar-refractivity contribution in [1.82, 2.24) is 10.2 Å². The van der Waals surface area contributed by atoms with Gasteiger partial charge in [0.15, 0.2) is 0 Å².